The molecule has 0 aromatic heterocycles. The summed E-state index contributed by atoms with van der Waals surface area (Å²) in [6.45, 7) is 12.8. The van der Waals surface area contributed by atoms with Crippen LogP contribution in [0.3, 0.4) is 0 Å². The lowest BCUT2D eigenvalue weighted by Crippen LogP contribution is -2.41. The van der Waals surface area contributed by atoms with Crippen molar-refractivity contribution in [3.63, 3.8) is 0 Å². The van der Waals surface area contributed by atoms with Crippen molar-refractivity contribution in [2.75, 3.05) is 0 Å². The first kappa shape index (κ1) is 13.1. The number of rotatable bonds is 1. The lowest BCUT2D eigenvalue weighted by Gasteiger charge is -2.32. The van der Waals surface area contributed by atoms with E-state index in [9.17, 15) is 0 Å². The third-order valence-electron chi connectivity index (χ3n) is 4.11. The predicted molar refractivity (Wildman–Crippen MR) is 70.8 cm³/mol. The second kappa shape index (κ2) is 4.11. The average Bonchev–Trinajstić information content (AvgIpc) is 2.34. The van der Waals surface area contributed by atoms with Gasteiger partial charge in [-0.15, -0.1) is 0 Å². The summed E-state index contributed by atoms with van der Waals surface area (Å²) in [4.78, 5) is 0. The maximum absolute atomic E-state index is 6.08. The molecule has 0 spiro atoms. The van der Waals surface area contributed by atoms with Crippen molar-refractivity contribution in [1.29, 1.82) is 0 Å². The van der Waals surface area contributed by atoms with Crippen LogP contribution in [0.5, 0.6) is 0 Å². The molecule has 0 radical (unpaired) electrons. The highest BCUT2D eigenvalue weighted by Crippen LogP contribution is 2.39. The molecule has 3 nitrogen and oxygen atoms in total. The molecule has 0 bridgehead atoms. The first-order valence-electron chi connectivity index (χ1n) is 6.53. The van der Waals surface area contributed by atoms with E-state index in [-0.39, 0.29) is 18.3 Å². The maximum atomic E-state index is 6.08. The van der Waals surface area contributed by atoms with Crippen LogP contribution < -0.4 is 5.32 Å². The van der Waals surface area contributed by atoms with Gasteiger partial charge in [-0.3, -0.25) is 0 Å². The Morgan fingerprint density at radius 3 is 2.18 bits per heavy atom. The molecule has 96 valence electrons. The largest absolute Gasteiger partial charge is 0.490 e. The summed E-state index contributed by atoms with van der Waals surface area (Å²) >= 11 is 0. The van der Waals surface area contributed by atoms with Crippen LogP contribution in [0.2, 0.25) is 0 Å². The minimum atomic E-state index is -0.240. The molecule has 2 heterocycles. The minimum absolute atomic E-state index is 0.174. The van der Waals surface area contributed by atoms with Gasteiger partial charge in [0, 0.05) is 12.1 Å². The lowest BCUT2D eigenvalue weighted by molar-refractivity contribution is 0.00578. The van der Waals surface area contributed by atoms with Gasteiger partial charge in [0.05, 0.1) is 11.2 Å². The van der Waals surface area contributed by atoms with Crippen molar-refractivity contribution in [2.45, 2.75) is 71.2 Å². The maximum Gasteiger partial charge on any atom is 0.490 e. The summed E-state index contributed by atoms with van der Waals surface area (Å²) in [5.74, 6) is 0. The van der Waals surface area contributed by atoms with Gasteiger partial charge in [-0.25, -0.2) is 0 Å². The quantitative estimate of drug-likeness (QED) is 0.710. The van der Waals surface area contributed by atoms with Crippen LogP contribution in [0.15, 0.2) is 11.5 Å². The van der Waals surface area contributed by atoms with Gasteiger partial charge in [0.15, 0.2) is 0 Å². The van der Waals surface area contributed by atoms with Gasteiger partial charge < -0.3 is 14.6 Å². The topological polar surface area (TPSA) is 30.5 Å². The molecule has 0 saturated carbocycles. The van der Waals surface area contributed by atoms with E-state index < -0.39 is 0 Å². The van der Waals surface area contributed by atoms with Crippen molar-refractivity contribution in [2.24, 2.45) is 0 Å². The fraction of sp³-hybridized carbons (Fsp3) is 0.846. The van der Waals surface area contributed by atoms with E-state index >= 15 is 0 Å². The summed E-state index contributed by atoms with van der Waals surface area (Å²) in [5.41, 5.74) is 0.800. The minimum Gasteiger partial charge on any atom is -0.400 e. The van der Waals surface area contributed by atoms with Crippen LogP contribution in [0, 0.1) is 0 Å². The second-order valence-electron chi connectivity index (χ2n) is 6.39. The summed E-state index contributed by atoms with van der Waals surface area (Å²) in [5, 5.41) is 3.49. The van der Waals surface area contributed by atoms with Gasteiger partial charge in [-0.1, -0.05) is 6.08 Å². The highest BCUT2D eigenvalue weighted by molar-refractivity contribution is 6.54. The predicted octanol–water partition coefficient (Wildman–Crippen LogP) is 2.31. The Bertz CT molecular complexity index is 322. The highest BCUT2D eigenvalue weighted by atomic mass is 16.7. The average molecular weight is 237 g/mol. The van der Waals surface area contributed by atoms with Crippen LogP contribution in [0.25, 0.3) is 0 Å². The molecule has 4 heteroatoms. The molecule has 0 aromatic carbocycles. The second-order valence-corrected chi connectivity index (χ2v) is 6.39. The summed E-state index contributed by atoms with van der Waals surface area (Å²) in [6.07, 6.45) is 3.24. The molecule has 2 aliphatic rings. The van der Waals surface area contributed by atoms with E-state index in [2.05, 4.69) is 52.9 Å². The van der Waals surface area contributed by atoms with Gasteiger partial charge in [-0.05, 0) is 53.4 Å². The van der Waals surface area contributed by atoms with Crippen molar-refractivity contribution >= 4 is 7.12 Å². The van der Waals surface area contributed by atoms with Gasteiger partial charge in [0.1, 0.15) is 0 Å². The zero-order valence-electron chi connectivity index (χ0n) is 11.8. The molecule has 0 aliphatic carbocycles. The van der Waals surface area contributed by atoms with Crippen molar-refractivity contribution in [1.82, 2.24) is 5.32 Å². The molecule has 2 aliphatic heterocycles. The fourth-order valence-electron chi connectivity index (χ4n) is 2.47. The zero-order chi connectivity index (χ0) is 12.8. The number of nitrogens with one attached hydrogen (secondary N) is 1. The molecule has 0 amide bonds. The number of hydrogen-bond donors (Lipinski definition) is 1. The van der Waals surface area contributed by atoms with Crippen molar-refractivity contribution < 1.29 is 9.31 Å². The SMILES string of the molecule is CC1C=C(B2OC(C)(C)C(C)(C)O2)CC(C)N1. The smallest absolute Gasteiger partial charge is 0.400 e. The molecule has 1 fully saturated rings. The third-order valence-corrected chi connectivity index (χ3v) is 4.11. The monoisotopic (exact) mass is 237 g/mol. The summed E-state index contributed by atoms with van der Waals surface area (Å²) in [7, 11) is -0.174. The molecule has 1 N–H and O–H groups in total. The first-order chi connectivity index (χ1) is 7.71. The van der Waals surface area contributed by atoms with Gasteiger partial charge >= 0.3 is 7.12 Å². The van der Waals surface area contributed by atoms with E-state index in [1.807, 2.05) is 0 Å². The number of hydrogen-bond acceptors (Lipinski definition) is 3. The Hall–Kier alpha value is -0.315. The van der Waals surface area contributed by atoms with E-state index in [1.165, 1.54) is 5.47 Å². The standard InChI is InChI=1S/C13H24BNO2/c1-9-7-11(8-10(2)15-9)14-16-12(3,4)13(5,6)17-14/h7,9-10,15H,8H2,1-6H3. The lowest BCUT2D eigenvalue weighted by atomic mass is 9.72. The van der Waals surface area contributed by atoms with E-state index in [0.29, 0.717) is 12.1 Å². The van der Waals surface area contributed by atoms with E-state index in [0.717, 1.165) is 6.42 Å². The van der Waals surface area contributed by atoms with Gasteiger partial charge in [-0.2, -0.15) is 0 Å². The molecule has 0 aromatic rings. The Labute approximate surface area is 105 Å². The summed E-state index contributed by atoms with van der Waals surface area (Å²) in [6, 6.07) is 0.886. The Kier molecular flexibility index (Phi) is 3.17. The molecule has 2 atom stereocenters. The van der Waals surface area contributed by atoms with Crippen molar-refractivity contribution in [3.05, 3.63) is 11.5 Å². The Morgan fingerprint density at radius 2 is 1.71 bits per heavy atom. The van der Waals surface area contributed by atoms with Crippen LogP contribution in [0.1, 0.15) is 48.0 Å². The molecule has 2 rings (SSSR count). The zero-order valence-corrected chi connectivity index (χ0v) is 11.8. The Balaban J connectivity index is 2.16. The van der Waals surface area contributed by atoms with Crippen molar-refractivity contribution in [3.8, 4) is 0 Å². The normalized spacial score (nSPS) is 35.9. The molecule has 1 saturated heterocycles. The van der Waals surface area contributed by atoms with E-state index in [1.54, 1.807) is 0 Å². The Morgan fingerprint density at radius 1 is 1.18 bits per heavy atom. The molecular formula is C13H24BNO2. The van der Waals surface area contributed by atoms with E-state index in [4.69, 9.17) is 9.31 Å². The highest BCUT2D eigenvalue weighted by Gasteiger charge is 2.52. The first-order valence-corrected chi connectivity index (χ1v) is 6.53. The van der Waals surface area contributed by atoms with Crippen LogP contribution in [0.4, 0.5) is 0 Å². The fourth-order valence-corrected chi connectivity index (χ4v) is 2.47. The third kappa shape index (κ3) is 2.44. The van der Waals surface area contributed by atoms with Crippen LogP contribution >= 0.6 is 0 Å². The molecule has 17 heavy (non-hydrogen) atoms. The van der Waals surface area contributed by atoms with Gasteiger partial charge in [0.25, 0.3) is 0 Å². The van der Waals surface area contributed by atoms with Gasteiger partial charge in [0.2, 0.25) is 0 Å². The molecular weight excluding hydrogens is 213 g/mol. The van der Waals surface area contributed by atoms with Crippen LogP contribution in [-0.2, 0) is 9.31 Å². The molecule has 2 unspecified atom stereocenters. The van der Waals surface area contributed by atoms with Crippen LogP contribution in [-0.4, -0.2) is 30.4 Å². The summed E-state index contributed by atoms with van der Waals surface area (Å²) < 4.78 is 12.2.